The lowest BCUT2D eigenvalue weighted by atomic mass is 10.1. The normalized spacial score (nSPS) is 10.0. The van der Waals surface area contributed by atoms with Gasteiger partial charge in [0.05, 0.1) is 6.61 Å². The quantitative estimate of drug-likeness (QED) is 0.652. The molecule has 3 aromatic rings. The van der Waals surface area contributed by atoms with Crippen molar-refractivity contribution in [3.05, 3.63) is 79.9 Å². The highest BCUT2D eigenvalue weighted by molar-refractivity contribution is 7.71. The second-order valence-electron chi connectivity index (χ2n) is 5.54. The summed E-state index contributed by atoms with van der Waals surface area (Å²) >= 11 is 9.83. The van der Waals surface area contributed by atoms with Crippen molar-refractivity contribution in [2.45, 2.75) is 13.3 Å². The van der Waals surface area contributed by atoms with Gasteiger partial charge in [-0.25, -0.2) is 9.36 Å². The molecule has 2 aromatic heterocycles. The summed E-state index contributed by atoms with van der Waals surface area (Å²) in [6.07, 6.45) is 3.55. The van der Waals surface area contributed by atoms with Crippen molar-refractivity contribution in [1.82, 2.24) is 19.1 Å². The van der Waals surface area contributed by atoms with E-state index in [1.54, 1.807) is 30.9 Å². The summed E-state index contributed by atoms with van der Waals surface area (Å²) in [4.78, 5) is 27.8. The van der Waals surface area contributed by atoms with E-state index >= 15 is 0 Å². The summed E-state index contributed by atoms with van der Waals surface area (Å²) < 4.78 is 8.54. The number of hydrogen-bond acceptors (Lipinski definition) is 5. The molecule has 7 nitrogen and oxygen atoms in total. The Labute approximate surface area is 166 Å². The first kappa shape index (κ1) is 20.5. The Balaban J connectivity index is 0.000000199. The molecule has 1 aromatic carbocycles. The van der Waals surface area contributed by atoms with Crippen molar-refractivity contribution in [3.8, 4) is 0 Å². The van der Waals surface area contributed by atoms with E-state index in [1.807, 2.05) is 30.3 Å². The number of hydrogen-bond donors (Lipinski definition) is 2. The Morgan fingerprint density at radius 3 is 2.41 bits per heavy atom. The molecule has 0 spiro atoms. The van der Waals surface area contributed by atoms with Gasteiger partial charge in [-0.3, -0.25) is 9.78 Å². The van der Waals surface area contributed by atoms with E-state index in [2.05, 4.69) is 9.97 Å². The van der Waals surface area contributed by atoms with Gasteiger partial charge in [-0.05, 0) is 36.9 Å². The Bertz CT molecular complexity index is 1040. The topological polar surface area (TPSA) is 84.8 Å². The second kappa shape index (κ2) is 9.79. The van der Waals surface area contributed by atoms with Crippen molar-refractivity contribution >= 4 is 30.5 Å². The summed E-state index contributed by atoms with van der Waals surface area (Å²) in [5.74, 6) is 0. The molecule has 0 saturated heterocycles. The summed E-state index contributed by atoms with van der Waals surface area (Å²) in [5, 5.41) is 0. The number of aryl methyl sites for hydroxylation is 1. The molecule has 2 N–H and O–H groups in total. The van der Waals surface area contributed by atoms with Crippen LogP contribution in [0.4, 0.5) is 4.79 Å². The van der Waals surface area contributed by atoms with Crippen LogP contribution in [0.15, 0.2) is 53.6 Å². The highest BCUT2D eigenvalue weighted by Crippen LogP contribution is 2.04. The van der Waals surface area contributed by atoms with E-state index in [0.717, 1.165) is 11.3 Å². The standard InChI is InChI=1S/C11H10N2OS.C7H10N2O2S/c14-10-7-9(12-11(15)13-10)6-8-4-2-1-3-5-8;1-3-11-7(10)9-5-4-8(2)6(9)12/h1-5,7H,6H2,(H2,12,13,14,15);4-5H,3H2,1-2H3. The molecule has 9 heteroatoms. The van der Waals surface area contributed by atoms with Gasteiger partial charge in [-0.1, -0.05) is 30.3 Å². The fraction of sp³-hybridized carbons (Fsp3) is 0.222. The van der Waals surface area contributed by atoms with Crippen LogP contribution >= 0.6 is 24.4 Å². The van der Waals surface area contributed by atoms with Crippen LogP contribution in [-0.2, 0) is 18.2 Å². The van der Waals surface area contributed by atoms with Crippen LogP contribution in [-0.4, -0.2) is 31.8 Å². The molecule has 0 aliphatic heterocycles. The zero-order valence-corrected chi connectivity index (χ0v) is 16.6. The van der Waals surface area contributed by atoms with Crippen molar-refractivity contribution in [3.63, 3.8) is 0 Å². The summed E-state index contributed by atoms with van der Waals surface area (Å²) in [6, 6.07) is 11.5. The zero-order valence-electron chi connectivity index (χ0n) is 15.0. The Kier molecular flexibility index (Phi) is 7.44. The van der Waals surface area contributed by atoms with E-state index in [-0.39, 0.29) is 5.56 Å². The van der Waals surface area contributed by atoms with Crippen molar-refractivity contribution in [1.29, 1.82) is 0 Å². The largest absolute Gasteiger partial charge is 0.449 e. The number of imidazole rings is 1. The first-order chi connectivity index (χ1) is 12.9. The lowest BCUT2D eigenvalue weighted by Crippen LogP contribution is -2.13. The summed E-state index contributed by atoms with van der Waals surface area (Å²) in [7, 11) is 1.78. The molecular weight excluding hydrogens is 384 g/mol. The Morgan fingerprint density at radius 2 is 1.85 bits per heavy atom. The molecule has 0 saturated carbocycles. The maximum atomic E-state index is 11.2. The molecule has 27 heavy (non-hydrogen) atoms. The van der Waals surface area contributed by atoms with Crippen LogP contribution < -0.4 is 5.56 Å². The minimum atomic E-state index is -0.428. The first-order valence-electron chi connectivity index (χ1n) is 8.18. The average Bonchev–Trinajstić information content (AvgIpc) is 2.95. The second-order valence-corrected chi connectivity index (χ2v) is 6.31. The predicted molar refractivity (Wildman–Crippen MR) is 108 cm³/mol. The minimum Gasteiger partial charge on any atom is -0.449 e. The molecule has 0 unspecified atom stereocenters. The fourth-order valence-corrected chi connectivity index (χ4v) is 2.65. The average molecular weight is 405 g/mol. The maximum absolute atomic E-state index is 11.2. The SMILES string of the molecule is CCOC(=O)n1ccn(C)c1=S.O=c1cc(Cc2ccccc2)[nH]c(=S)[nH]1. The van der Waals surface area contributed by atoms with Crippen LogP contribution in [0.3, 0.4) is 0 Å². The van der Waals surface area contributed by atoms with Gasteiger partial charge in [0.2, 0.25) is 0 Å². The molecule has 3 rings (SSSR count). The van der Waals surface area contributed by atoms with Gasteiger partial charge in [-0.15, -0.1) is 0 Å². The number of aromatic amines is 2. The lowest BCUT2D eigenvalue weighted by Gasteiger charge is -2.00. The van der Waals surface area contributed by atoms with Crippen LogP contribution in [0.2, 0.25) is 0 Å². The highest BCUT2D eigenvalue weighted by Gasteiger charge is 2.06. The fourth-order valence-electron chi connectivity index (χ4n) is 2.23. The predicted octanol–water partition coefficient (Wildman–Crippen LogP) is 3.58. The van der Waals surface area contributed by atoms with Crippen LogP contribution in [0.5, 0.6) is 0 Å². The number of carbonyl (C=O) groups is 1. The van der Waals surface area contributed by atoms with Gasteiger partial charge in [0, 0.05) is 37.6 Å². The molecule has 0 amide bonds. The van der Waals surface area contributed by atoms with Gasteiger partial charge in [-0.2, -0.15) is 0 Å². The minimum absolute atomic E-state index is 0.162. The van der Waals surface area contributed by atoms with Crippen molar-refractivity contribution in [2.24, 2.45) is 7.05 Å². The number of carbonyl (C=O) groups excluding carboxylic acids is 1. The summed E-state index contributed by atoms with van der Waals surface area (Å²) in [6.45, 7) is 2.11. The number of nitrogens with zero attached hydrogens (tertiary/aromatic N) is 2. The number of rotatable bonds is 3. The smallest absolute Gasteiger partial charge is 0.420 e. The van der Waals surface area contributed by atoms with E-state index in [1.165, 1.54) is 10.6 Å². The van der Waals surface area contributed by atoms with Gasteiger partial charge in [0.25, 0.3) is 5.56 Å². The lowest BCUT2D eigenvalue weighted by molar-refractivity contribution is 0.153. The zero-order chi connectivity index (χ0) is 19.8. The van der Waals surface area contributed by atoms with Crippen LogP contribution in [0.1, 0.15) is 18.2 Å². The number of benzene rings is 1. The number of aromatic nitrogens is 4. The Hall–Kier alpha value is -2.78. The van der Waals surface area contributed by atoms with E-state index in [0.29, 0.717) is 22.6 Å². The first-order valence-corrected chi connectivity index (χ1v) is 9.00. The van der Waals surface area contributed by atoms with E-state index in [4.69, 9.17) is 29.2 Å². The molecule has 0 aliphatic carbocycles. The van der Waals surface area contributed by atoms with Crippen molar-refractivity contribution in [2.75, 3.05) is 6.61 Å². The molecule has 0 radical (unpaired) electrons. The van der Waals surface area contributed by atoms with Crippen LogP contribution in [0.25, 0.3) is 0 Å². The monoisotopic (exact) mass is 404 g/mol. The number of nitrogens with one attached hydrogen (secondary N) is 2. The van der Waals surface area contributed by atoms with E-state index in [9.17, 15) is 9.59 Å². The van der Waals surface area contributed by atoms with Gasteiger partial charge >= 0.3 is 6.09 Å². The van der Waals surface area contributed by atoms with Gasteiger partial charge in [0.1, 0.15) is 0 Å². The van der Waals surface area contributed by atoms with Gasteiger partial charge in [0.15, 0.2) is 9.54 Å². The van der Waals surface area contributed by atoms with Crippen molar-refractivity contribution < 1.29 is 9.53 Å². The highest BCUT2D eigenvalue weighted by atomic mass is 32.1. The van der Waals surface area contributed by atoms with E-state index < -0.39 is 6.09 Å². The van der Waals surface area contributed by atoms with Crippen LogP contribution in [0, 0.1) is 9.54 Å². The maximum Gasteiger partial charge on any atom is 0.420 e. The third kappa shape index (κ3) is 6.15. The number of H-pyrrole nitrogens is 2. The van der Waals surface area contributed by atoms with Gasteiger partial charge < -0.3 is 14.3 Å². The molecule has 0 atom stereocenters. The third-order valence-corrected chi connectivity index (χ3v) is 4.15. The molecule has 0 fully saturated rings. The molecule has 142 valence electrons. The Morgan fingerprint density at radius 1 is 1.15 bits per heavy atom. The molecule has 0 aliphatic rings. The number of ether oxygens (including phenoxy) is 1. The molecule has 0 bridgehead atoms. The molecule has 2 heterocycles. The third-order valence-electron chi connectivity index (χ3n) is 3.47. The molecular formula is C18H20N4O3S2. The summed E-state index contributed by atoms with van der Waals surface area (Å²) in [5.41, 5.74) is 1.81.